The SMILES string of the molecule is COc1ccc(C(=O)OCC(=O)N[C@H](C)C2CC2)cc1Br. The molecule has 1 aliphatic rings. The summed E-state index contributed by atoms with van der Waals surface area (Å²) < 4.78 is 10.8. The number of esters is 1. The Hall–Kier alpha value is -1.56. The molecular weight excluding hydrogens is 338 g/mol. The van der Waals surface area contributed by atoms with Crippen molar-refractivity contribution >= 4 is 27.8 Å². The molecule has 0 spiro atoms. The van der Waals surface area contributed by atoms with Gasteiger partial charge in [0.1, 0.15) is 5.75 Å². The maximum absolute atomic E-state index is 11.9. The zero-order valence-corrected chi connectivity index (χ0v) is 13.6. The minimum absolute atomic E-state index is 0.145. The number of halogens is 1. The molecule has 114 valence electrons. The minimum atomic E-state index is -0.535. The maximum Gasteiger partial charge on any atom is 0.338 e. The van der Waals surface area contributed by atoms with Gasteiger partial charge in [-0.2, -0.15) is 0 Å². The standard InChI is InChI=1S/C15H18BrNO4/c1-9(10-3-4-10)17-14(18)8-21-15(19)11-5-6-13(20-2)12(16)7-11/h5-7,9-10H,3-4,8H2,1-2H3,(H,17,18)/t9-/m1/s1. The minimum Gasteiger partial charge on any atom is -0.496 e. The third-order valence-electron chi connectivity index (χ3n) is 3.44. The summed E-state index contributed by atoms with van der Waals surface area (Å²) in [5.41, 5.74) is 0.366. The third-order valence-corrected chi connectivity index (χ3v) is 4.06. The number of methoxy groups -OCH3 is 1. The highest BCUT2D eigenvalue weighted by Crippen LogP contribution is 2.32. The molecule has 0 heterocycles. The van der Waals surface area contributed by atoms with Gasteiger partial charge in [-0.3, -0.25) is 4.79 Å². The Bertz CT molecular complexity index is 542. The van der Waals surface area contributed by atoms with Crippen molar-refractivity contribution in [3.8, 4) is 5.75 Å². The maximum atomic E-state index is 11.9. The lowest BCUT2D eigenvalue weighted by molar-refractivity contribution is -0.124. The van der Waals surface area contributed by atoms with E-state index in [1.54, 1.807) is 25.3 Å². The van der Waals surface area contributed by atoms with E-state index in [1.807, 2.05) is 6.92 Å². The Kier molecular flexibility index (Phi) is 5.22. The van der Waals surface area contributed by atoms with E-state index in [0.29, 0.717) is 21.7 Å². The largest absolute Gasteiger partial charge is 0.496 e. The lowest BCUT2D eigenvalue weighted by atomic mass is 10.2. The average Bonchev–Trinajstić information content (AvgIpc) is 3.29. The Labute approximate surface area is 132 Å². The van der Waals surface area contributed by atoms with Gasteiger partial charge >= 0.3 is 5.97 Å². The Morgan fingerprint density at radius 3 is 2.71 bits per heavy atom. The first kappa shape index (κ1) is 15.8. The highest BCUT2D eigenvalue weighted by molar-refractivity contribution is 9.10. The quantitative estimate of drug-likeness (QED) is 0.796. The number of rotatable bonds is 6. The van der Waals surface area contributed by atoms with E-state index in [9.17, 15) is 9.59 Å². The molecule has 0 bridgehead atoms. The number of nitrogens with one attached hydrogen (secondary N) is 1. The number of carbonyl (C=O) groups is 2. The van der Waals surface area contributed by atoms with Crippen LogP contribution in [0.5, 0.6) is 5.75 Å². The molecule has 1 saturated carbocycles. The molecule has 1 aliphatic carbocycles. The number of hydrogen-bond donors (Lipinski definition) is 1. The molecule has 1 N–H and O–H groups in total. The summed E-state index contributed by atoms with van der Waals surface area (Å²) in [4.78, 5) is 23.5. The van der Waals surface area contributed by atoms with E-state index in [4.69, 9.17) is 9.47 Å². The summed E-state index contributed by atoms with van der Waals surface area (Å²) in [5.74, 6) is 0.396. The van der Waals surface area contributed by atoms with E-state index in [0.717, 1.165) is 12.8 Å². The fourth-order valence-electron chi connectivity index (χ4n) is 2.02. The Morgan fingerprint density at radius 2 is 2.14 bits per heavy atom. The van der Waals surface area contributed by atoms with Crippen molar-refractivity contribution in [2.75, 3.05) is 13.7 Å². The second kappa shape index (κ2) is 6.93. The molecule has 21 heavy (non-hydrogen) atoms. The van der Waals surface area contributed by atoms with E-state index >= 15 is 0 Å². The van der Waals surface area contributed by atoms with E-state index in [-0.39, 0.29) is 18.6 Å². The van der Waals surface area contributed by atoms with Crippen LogP contribution in [-0.4, -0.2) is 31.6 Å². The van der Waals surface area contributed by atoms with Gasteiger partial charge in [0.15, 0.2) is 6.61 Å². The van der Waals surface area contributed by atoms with Gasteiger partial charge in [-0.05, 0) is 59.8 Å². The number of hydrogen-bond acceptors (Lipinski definition) is 4. The van der Waals surface area contributed by atoms with E-state index < -0.39 is 5.97 Å². The molecule has 0 aliphatic heterocycles. The molecule has 6 heteroatoms. The first-order valence-electron chi connectivity index (χ1n) is 6.81. The van der Waals surface area contributed by atoms with Gasteiger partial charge < -0.3 is 14.8 Å². The zero-order chi connectivity index (χ0) is 15.4. The van der Waals surface area contributed by atoms with Crippen molar-refractivity contribution in [1.29, 1.82) is 0 Å². The zero-order valence-electron chi connectivity index (χ0n) is 12.0. The highest BCUT2D eigenvalue weighted by Gasteiger charge is 2.29. The molecule has 0 saturated heterocycles. The summed E-state index contributed by atoms with van der Waals surface area (Å²) in [5, 5.41) is 2.83. The van der Waals surface area contributed by atoms with Gasteiger partial charge in [0.2, 0.25) is 0 Å². The van der Waals surface area contributed by atoms with Gasteiger partial charge in [0.25, 0.3) is 5.91 Å². The molecule has 1 atom stereocenters. The highest BCUT2D eigenvalue weighted by atomic mass is 79.9. The molecule has 5 nitrogen and oxygen atoms in total. The van der Waals surface area contributed by atoms with Crippen molar-refractivity contribution in [1.82, 2.24) is 5.32 Å². The predicted octanol–water partition coefficient (Wildman–Crippen LogP) is 2.53. The van der Waals surface area contributed by atoms with Gasteiger partial charge in [0.05, 0.1) is 17.1 Å². The van der Waals surface area contributed by atoms with Crippen LogP contribution in [0.2, 0.25) is 0 Å². The first-order valence-corrected chi connectivity index (χ1v) is 7.60. The fourth-order valence-corrected chi connectivity index (χ4v) is 2.56. The molecule has 1 aromatic rings. The summed E-state index contributed by atoms with van der Waals surface area (Å²) >= 11 is 3.30. The normalized spacial score (nSPS) is 15.2. The summed E-state index contributed by atoms with van der Waals surface area (Å²) in [6.45, 7) is 1.71. The molecular formula is C15H18BrNO4. The van der Waals surface area contributed by atoms with Crippen molar-refractivity contribution in [2.45, 2.75) is 25.8 Å². The molecule has 0 radical (unpaired) electrons. The van der Waals surface area contributed by atoms with Crippen molar-refractivity contribution in [3.63, 3.8) is 0 Å². The van der Waals surface area contributed by atoms with Crippen molar-refractivity contribution < 1.29 is 19.1 Å². The van der Waals surface area contributed by atoms with Gasteiger partial charge in [0, 0.05) is 6.04 Å². The monoisotopic (exact) mass is 355 g/mol. The van der Waals surface area contributed by atoms with E-state index in [2.05, 4.69) is 21.2 Å². The van der Waals surface area contributed by atoms with Crippen LogP contribution in [0, 0.1) is 5.92 Å². The third kappa shape index (κ3) is 4.46. The molecule has 1 fully saturated rings. The van der Waals surface area contributed by atoms with Crippen LogP contribution >= 0.6 is 15.9 Å². The van der Waals surface area contributed by atoms with Crippen LogP contribution in [0.4, 0.5) is 0 Å². The van der Waals surface area contributed by atoms with Gasteiger partial charge in [-0.1, -0.05) is 0 Å². The molecule has 1 amide bonds. The number of ether oxygens (including phenoxy) is 2. The lowest BCUT2D eigenvalue weighted by Crippen LogP contribution is -2.37. The van der Waals surface area contributed by atoms with Gasteiger partial charge in [-0.15, -0.1) is 0 Å². The lowest BCUT2D eigenvalue weighted by Gasteiger charge is -2.13. The smallest absolute Gasteiger partial charge is 0.338 e. The Morgan fingerprint density at radius 1 is 1.43 bits per heavy atom. The molecule has 0 aromatic heterocycles. The summed E-state index contributed by atoms with van der Waals surface area (Å²) in [7, 11) is 1.55. The van der Waals surface area contributed by atoms with Gasteiger partial charge in [-0.25, -0.2) is 4.79 Å². The second-order valence-electron chi connectivity index (χ2n) is 5.12. The van der Waals surface area contributed by atoms with Crippen LogP contribution in [0.15, 0.2) is 22.7 Å². The second-order valence-corrected chi connectivity index (χ2v) is 5.97. The summed E-state index contributed by atoms with van der Waals surface area (Å²) in [6, 6.07) is 5.00. The van der Waals surface area contributed by atoms with Crippen LogP contribution in [0.1, 0.15) is 30.1 Å². The molecule has 0 unspecified atom stereocenters. The van der Waals surface area contributed by atoms with Crippen LogP contribution < -0.4 is 10.1 Å². The van der Waals surface area contributed by atoms with Crippen LogP contribution in [0.3, 0.4) is 0 Å². The van der Waals surface area contributed by atoms with Crippen LogP contribution in [0.25, 0.3) is 0 Å². The number of amides is 1. The summed E-state index contributed by atoms with van der Waals surface area (Å²) in [6.07, 6.45) is 2.31. The molecule has 1 aromatic carbocycles. The average molecular weight is 356 g/mol. The first-order chi connectivity index (χ1) is 10.0. The Balaban J connectivity index is 1.83. The van der Waals surface area contributed by atoms with Crippen molar-refractivity contribution in [3.05, 3.63) is 28.2 Å². The van der Waals surface area contributed by atoms with Crippen molar-refractivity contribution in [2.24, 2.45) is 5.92 Å². The number of carbonyl (C=O) groups excluding carboxylic acids is 2. The van der Waals surface area contributed by atoms with E-state index in [1.165, 1.54) is 0 Å². The topological polar surface area (TPSA) is 64.6 Å². The van der Waals surface area contributed by atoms with Crippen LogP contribution in [-0.2, 0) is 9.53 Å². The fraction of sp³-hybridized carbons (Fsp3) is 0.467. The molecule has 2 rings (SSSR count). The number of benzene rings is 1. The predicted molar refractivity (Wildman–Crippen MR) is 81.3 cm³/mol.